The molecule has 5 atom stereocenters. The topological polar surface area (TPSA) is 241 Å². The van der Waals surface area contributed by atoms with Crippen molar-refractivity contribution in [3.63, 3.8) is 0 Å². The van der Waals surface area contributed by atoms with Gasteiger partial charge in [0.1, 0.15) is 40.8 Å². The number of aryl methyl sites for hydroxylation is 4. The van der Waals surface area contributed by atoms with E-state index in [1.54, 1.807) is 30.4 Å². The minimum Gasteiger partial charge on any atom is -0.482 e. The van der Waals surface area contributed by atoms with Gasteiger partial charge >= 0.3 is 0 Å². The molecule has 4 N–H and O–H groups in total. The Bertz CT molecular complexity index is 3040. The summed E-state index contributed by atoms with van der Waals surface area (Å²) in [5, 5.41) is 33.4. The number of hydrogen-bond acceptors (Lipinski definition) is 15. The summed E-state index contributed by atoms with van der Waals surface area (Å²) < 4.78 is 19.2. The number of nitrogens with one attached hydrogen (secondary N) is 3. The molecular formula is C53H61N11O8S. The van der Waals surface area contributed by atoms with Crippen molar-refractivity contribution in [2.45, 2.75) is 130 Å². The van der Waals surface area contributed by atoms with Gasteiger partial charge in [-0.3, -0.25) is 28.7 Å². The van der Waals surface area contributed by atoms with Crippen molar-refractivity contribution in [2.75, 3.05) is 13.2 Å². The highest BCUT2D eigenvalue weighted by Crippen LogP contribution is 2.40. The Morgan fingerprint density at radius 1 is 0.904 bits per heavy atom. The maximum atomic E-state index is 14.2. The number of nitrogens with zero attached hydrogens (tertiary/aromatic N) is 8. The zero-order valence-electron chi connectivity index (χ0n) is 42.4. The SMILES string of the molecule is Cc1ccc(C2=N[C@@H](CC(=O)N[C@H]3C[C@@H](Oc4ccc(OCC(=O)N[C@H](C(=O)N5C[C@H](O)C[C@H]5C(=O)N[C@@H](C)c5ccc(-c6nc(C)no6)cc5)C(C)(C)C)cn4)C3)c3nnc(C)n3-c3sc(C)c(C)c32)cc1. The molecule has 73 heavy (non-hydrogen) atoms. The van der Waals surface area contributed by atoms with Crippen LogP contribution in [0, 0.1) is 40.0 Å². The molecule has 0 bridgehead atoms. The lowest BCUT2D eigenvalue weighted by Crippen LogP contribution is -2.58. The maximum Gasteiger partial charge on any atom is 0.258 e. The number of carbonyl (C=O) groups is 4. The zero-order chi connectivity index (χ0) is 51.9. The first-order valence-electron chi connectivity index (χ1n) is 24.5. The number of pyridine rings is 1. The minimum absolute atomic E-state index is 0.0496. The Morgan fingerprint density at radius 3 is 2.30 bits per heavy atom. The summed E-state index contributed by atoms with van der Waals surface area (Å²) in [6.45, 7) is 16.7. The first kappa shape index (κ1) is 50.6. The molecule has 3 aliphatic rings. The van der Waals surface area contributed by atoms with Gasteiger partial charge in [-0.05, 0) is 76.3 Å². The number of fused-ring (bicyclic) bond motifs is 3. The van der Waals surface area contributed by atoms with E-state index in [0.717, 1.165) is 49.9 Å². The van der Waals surface area contributed by atoms with Gasteiger partial charge in [0.05, 0.1) is 30.5 Å². The van der Waals surface area contributed by atoms with Crippen molar-refractivity contribution < 1.29 is 38.3 Å². The number of aliphatic hydroxyl groups excluding tert-OH is 1. The molecule has 1 aliphatic carbocycles. The van der Waals surface area contributed by atoms with E-state index in [9.17, 15) is 24.3 Å². The molecule has 1 saturated heterocycles. The molecule has 4 aromatic heterocycles. The van der Waals surface area contributed by atoms with Crippen LogP contribution in [0.1, 0.15) is 116 Å². The van der Waals surface area contributed by atoms with Gasteiger partial charge in [-0.25, -0.2) is 4.98 Å². The fraction of sp³-hybridized carbons (Fsp3) is 0.434. The van der Waals surface area contributed by atoms with E-state index in [1.165, 1.54) is 16.0 Å². The molecule has 6 heterocycles. The van der Waals surface area contributed by atoms with E-state index < -0.39 is 60.0 Å². The Labute approximate surface area is 427 Å². The summed E-state index contributed by atoms with van der Waals surface area (Å²) in [7, 11) is 0. The lowest BCUT2D eigenvalue weighted by molar-refractivity contribution is -0.144. The number of β-amino-alcohol motifs (C(OH)–C–C–N with tert-alkyl or cyclic N) is 1. The highest BCUT2D eigenvalue weighted by atomic mass is 32.1. The number of amides is 4. The van der Waals surface area contributed by atoms with E-state index in [4.69, 9.17) is 19.0 Å². The quantitative estimate of drug-likeness (QED) is 0.0914. The lowest BCUT2D eigenvalue weighted by atomic mass is 9.85. The minimum atomic E-state index is -1.04. The number of likely N-dealkylation sites (tertiary alicyclic amines) is 1. The van der Waals surface area contributed by atoms with Crippen LogP contribution < -0.4 is 25.4 Å². The average Bonchev–Trinajstić information content (AvgIpc) is 4.11. The normalized spacial score (nSPS) is 20.1. The standard InChI is InChI=1S/C53H61N11O8S/c1-27-10-12-34(13-11-27)46-45-28(2)30(4)73-52(45)64-32(6)60-61-48(64)40(58-46)23-42(66)57-36-20-39(21-36)71-44-19-18-38(24-54-44)70-26-43(67)59-47(53(7,8)9)51(69)63-25-37(65)22-41(63)49(68)55-29(3)33-14-16-35(17-15-33)50-56-31(5)62-72-50/h10-19,24,29,36-37,39-41,47,65H,20-23,25-26H2,1-9H3,(H,55,68)(H,57,66)(H,59,67)/t29-,36-,37+,39+,40-,41-,47+/m0/s1. The Kier molecular flexibility index (Phi) is 14.3. The van der Waals surface area contributed by atoms with Crippen LogP contribution >= 0.6 is 11.3 Å². The van der Waals surface area contributed by atoms with Gasteiger partial charge in [-0.2, -0.15) is 4.98 Å². The number of aliphatic imine (C=N–C) groups is 1. The fourth-order valence-electron chi connectivity index (χ4n) is 9.36. The van der Waals surface area contributed by atoms with Gasteiger partial charge in [0, 0.05) is 59.5 Å². The van der Waals surface area contributed by atoms with Crippen LogP contribution in [0.3, 0.4) is 0 Å². The first-order valence-corrected chi connectivity index (χ1v) is 25.3. The van der Waals surface area contributed by atoms with Crippen molar-refractivity contribution in [1.29, 1.82) is 0 Å². The number of aliphatic hydroxyl groups is 1. The van der Waals surface area contributed by atoms with Crippen LogP contribution in [-0.4, -0.2) is 113 Å². The van der Waals surface area contributed by atoms with Gasteiger partial charge in [0.25, 0.3) is 11.8 Å². The summed E-state index contributed by atoms with van der Waals surface area (Å²) >= 11 is 1.68. The maximum absolute atomic E-state index is 14.2. The molecule has 6 aromatic rings. The number of hydrogen-bond donors (Lipinski definition) is 4. The van der Waals surface area contributed by atoms with Crippen molar-refractivity contribution in [1.82, 2.24) is 50.7 Å². The van der Waals surface area contributed by atoms with Crippen molar-refractivity contribution in [3.05, 3.63) is 117 Å². The highest BCUT2D eigenvalue weighted by Gasteiger charge is 2.45. The summed E-state index contributed by atoms with van der Waals surface area (Å²) in [6, 6.07) is 15.9. The summed E-state index contributed by atoms with van der Waals surface area (Å²) in [5.41, 5.74) is 5.94. The fourth-order valence-corrected chi connectivity index (χ4v) is 10.6. The molecule has 20 heteroatoms. The molecule has 0 spiro atoms. The van der Waals surface area contributed by atoms with E-state index in [-0.39, 0.29) is 37.4 Å². The van der Waals surface area contributed by atoms with Gasteiger partial charge in [0.2, 0.25) is 23.6 Å². The summed E-state index contributed by atoms with van der Waals surface area (Å²) in [6.07, 6.45) is 1.69. The van der Waals surface area contributed by atoms with Gasteiger partial charge in [-0.15, -0.1) is 21.5 Å². The van der Waals surface area contributed by atoms with Crippen LogP contribution in [-0.2, 0) is 19.2 Å². The van der Waals surface area contributed by atoms with E-state index in [1.807, 2.05) is 63.5 Å². The number of aromatic nitrogens is 6. The molecule has 2 aromatic carbocycles. The second kappa shape index (κ2) is 20.7. The third-order valence-corrected chi connectivity index (χ3v) is 14.8. The number of benzene rings is 2. The van der Waals surface area contributed by atoms with Crippen LogP contribution in [0.2, 0.25) is 0 Å². The molecule has 9 rings (SSSR count). The zero-order valence-corrected chi connectivity index (χ0v) is 43.2. The predicted octanol–water partition coefficient (Wildman–Crippen LogP) is 6.07. The number of carbonyl (C=O) groups excluding carboxylic acids is 4. The third-order valence-electron chi connectivity index (χ3n) is 13.6. The Hall–Kier alpha value is -7.32. The van der Waals surface area contributed by atoms with Crippen molar-refractivity contribution in [3.8, 4) is 28.1 Å². The van der Waals surface area contributed by atoms with Crippen LogP contribution in [0.15, 0.2) is 76.4 Å². The molecule has 0 unspecified atom stereocenters. The van der Waals surface area contributed by atoms with Crippen LogP contribution in [0.4, 0.5) is 0 Å². The lowest BCUT2D eigenvalue weighted by Gasteiger charge is -2.35. The molecule has 382 valence electrons. The average molecular weight is 1010 g/mol. The Balaban J connectivity index is 0.749. The van der Waals surface area contributed by atoms with E-state index in [2.05, 4.69) is 86.3 Å². The Morgan fingerprint density at radius 2 is 1.63 bits per heavy atom. The second-order valence-electron chi connectivity index (χ2n) is 20.3. The van der Waals surface area contributed by atoms with Gasteiger partial charge in [-0.1, -0.05) is 67.9 Å². The van der Waals surface area contributed by atoms with Gasteiger partial charge < -0.3 is 40.0 Å². The molecule has 2 aliphatic heterocycles. The predicted molar refractivity (Wildman–Crippen MR) is 271 cm³/mol. The highest BCUT2D eigenvalue weighted by molar-refractivity contribution is 7.15. The van der Waals surface area contributed by atoms with Gasteiger partial charge in [0.15, 0.2) is 18.3 Å². The molecule has 0 radical (unpaired) electrons. The first-order chi connectivity index (χ1) is 34.8. The molecule has 1 saturated carbocycles. The molecular weight excluding hydrogens is 951 g/mol. The van der Waals surface area contributed by atoms with Crippen LogP contribution in [0.5, 0.6) is 11.6 Å². The van der Waals surface area contributed by atoms with Crippen molar-refractivity contribution >= 4 is 40.7 Å². The molecule has 19 nitrogen and oxygen atoms in total. The second-order valence-corrected chi connectivity index (χ2v) is 21.5. The monoisotopic (exact) mass is 1010 g/mol. The largest absolute Gasteiger partial charge is 0.482 e. The van der Waals surface area contributed by atoms with E-state index in [0.29, 0.717) is 42.0 Å². The number of ether oxygens (including phenoxy) is 2. The molecule has 4 amide bonds. The summed E-state index contributed by atoms with van der Waals surface area (Å²) in [5.74, 6) is 1.35. The smallest absolute Gasteiger partial charge is 0.258 e. The number of thiophene rings is 1. The van der Waals surface area contributed by atoms with E-state index >= 15 is 0 Å². The summed E-state index contributed by atoms with van der Waals surface area (Å²) in [4.78, 5) is 71.3. The molecule has 2 fully saturated rings. The van der Waals surface area contributed by atoms with Crippen molar-refractivity contribution in [2.24, 2.45) is 10.4 Å². The van der Waals surface area contributed by atoms with Crippen LogP contribution in [0.25, 0.3) is 16.5 Å². The number of rotatable bonds is 15. The third kappa shape index (κ3) is 11.0.